The van der Waals surface area contributed by atoms with Crippen molar-refractivity contribution in [2.24, 2.45) is 7.05 Å². The smallest absolute Gasteiger partial charge is 0.200 e. The van der Waals surface area contributed by atoms with Gasteiger partial charge in [-0.25, -0.2) is 18.4 Å². The number of imidazole rings is 1. The van der Waals surface area contributed by atoms with Crippen LogP contribution in [0.4, 0.5) is 5.69 Å². The molecule has 3 aromatic rings. The summed E-state index contributed by atoms with van der Waals surface area (Å²) < 4.78 is 31.6. The molecular weight excluding hydrogens is 388 g/mol. The standard InChI is InChI=1S/C21H26N4O3S/c1-21(2,3)29(26,27)18-10-9-16(14-23-18)24-19(20-22-11-12-25(20)4)15-7-6-8-17(13-15)28-5/h6-14,19,24H,1-5H3. The first-order valence-corrected chi connectivity index (χ1v) is 10.7. The number of aromatic nitrogens is 3. The Morgan fingerprint density at radius 2 is 1.90 bits per heavy atom. The van der Waals surface area contributed by atoms with Crippen LogP contribution in [-0.2, 0) is 16.9 Å². The molecule has 1 atom stereocenters. The van der Waals surface area contributed by atoms with Gasteiger partial charge < -0.3 is 14.6 Å². The molecule has 0 aliphatic rings. The molecule has 0 bridgehead atoms. The molecule has 0 amide bonds. The van der Waals surface area contributed by atoms with Crippen molar-refractivity contribution < 1.29 is 13.2 Å². The van der Waals surface area contributed by atoms with Crippen molar-refractivity contribution in [3.8, 4) is 5.75 Å². The molecule has 0 aliphatic heterocycles. The maximum Gasteiger partial charge on any atom is 0.200 e. The second kappa shape index (κ2) is 7.87. The number of nitrogens with zero attached hydrogens (tertiary/aromatic N) is 3. The van der Waals surface area contributed by atoms with E-state index in [1.165, 1.54) is 12.3 Å². The summed E-state index contributed by atoms with van der Waals surface area (Å²) in [5.74, 6) is 1.55. The summed E-state index contributed by atoms with van der Waals surface area (Å²) in [6, 6.07) is 10.7. The fraction of sp³-hybridized carbons (Fsp3) is 0.333. The van der Waals surface area contributed by atoms with Gasteiger partial charge in [-0.3, -0.25) is 0 Å². The third-order valence-electron chi connectivity index (χ3n) is 4.67. The molecule has 0 aliphatic carbocycles. The van der Waals surface area contributed by atoms with Gasteiger partial charge in [0.15, 0.2) is 14.9 Å². The maximum atomic E-state index is 12.6. The second-order valence-electron chi connectivity index (χ2n) is 7.75. The van der Waals surface area contributed by atoms with Gasteiger partial charge in [0.1, 0.15) is 17.6 Å². The highest BCUT2D eigenvalue weighted by atomic mass is 32.2. The predicted octanol–water partition coefficient (Wildman–Crippen LogP) is 3.60. The molecule has 0 saturated heterocycles. The monoisotopic (exact) mass is 414 g/mol. The number of rotatable bonds is 6. The van der Waals surface area contributed by atoms with Gasteiger partial charge in [0.25, 0.3) is 0 Å². The van der Waals surface area contributed by atoms with Crippen molar-refractivity contribution in [2.75, 3.05) is 12.4 Å². The summed E-state index contributed by atoms with van der Waals surface area (Å²) in [5, 5.41) is 3.47. The van der Waals surface area contributed by atoms with Crippen LogP contribution in [0.3, 0.4) is 0 Å². The quantitative estimate of drug-likeness (QED) is 0.663. The lowest BCUT2D eigenvalue weighted by molar-refractivity contribution is 0.414. The zero-order chi connectivity index (χ0) is 21.2. The third kappa shape index (κ3) is 4.27. The van der Waals surface area contributed by atoms with Gasteiger partial charge in [0.05, 0.1) is 23.7 Å². The van der Waals surface area contributed by atoms with Crippen LogP contribution in [0.5, 0.6) is 5.75 Å². The maximum absolute atomic E-state index is 12.6. The van der Waals surface area contributed by atoms with Crippen molar-refractivity contribution in [3.63, 3.8) is 0 Å². The molecule has 1 aromatic carbocycles. The first kappa shape index (κ1) is 20.9. The van der Waals surface area contributed by atoms with Gasteiger partial charge >= 0.3 is 0 Å². The Bertz CT molecular complexity index is 1080. The van der Waals surface area contributed by atoms with Crippen LogP contribution in [0.15, 0.2) is 60.0 Å². The van der Waals surface area contributed by atoms with Gasteiger partial charge in [-0.05, 0) is 50.6 Å². The fourth-order valence-electron chi connectivity index (χ4n) is 2.88. The number of nitrogens with one attached hydrogen (secondary N) is 1. The molecule has 0 fully saturated rings. The van der Waals surface area contributed by atoms with Gasteiger partial charge in [-0.2, -0.15) is 0 Å². The molecule has 2 aromatic heterocycles. The number of aryl methyl sites for hydroxylation is 1. The lowest BCUT2D eigenvalue weighted by atomic mass is 10.1. The number of methoxy groups -OCH3 is 1. The Labute approximate surface area is 171 Å². The van der Waals surface area contributed by atoms with Crippen LogP contribution in [-0.4, -0.2) is 34.8 Å². The molecule has 154 valence electrons. The van der Waals surface area contributed by atoms with Gasteiger partial charge in [0, 0.05) is 19.4 Å². The highest BCUT2D eigenvalue weighted by Crippen LogP contribution is 2.29. The van der Waals surface area contributed by atoms with Crippen molar-refractivity contribution >= 4 is 15.5 Å². The Kier molecular flexibility index (Phi) is 5.66. The Balaban J connectivity index is 1.96. The minimum Gasteiger partial charge on any atom is -0.497 e. The van der Waals surface area contributed by atoms with Crippen LogP contribution < -0.4 is 10.1 Å². The molecule has 0 radical (unpaired) electrons. The lowest BCUT2D eigenvalue weighted by Crippen LogP contribution is -2.28. The second-order valence-corrected chi connectivity index (χ2v) is 10.4. The molecule has 0 saturated carbocycles. The number of anilines is 1. The molecule has 3 rings (SSSR count). The van der Waals surface area contributed by atoms with E-state index in [4.69, 9.17) is 4.74 Å². The zero-order valence-corrected chi connectivity index (χ0v) is 18.1. The minimum absolute atomic E-state index is 0.0606. The van der Waals surface area contributed by atoms with Gasteiger partial charge in [-0.15, -0.1) is 0 Å². The van der Waals surface area contributed by atoms with Crippen molar-refractivity contribution in [2.45, 2.75) is 36.6 Å². The number of hydrogen-bond donors (Lipinski definition) is 1. The summed E-state index contributed by atoms with van der Waals surface area (Å²) in [6.45, 7) is 4.99. The predicted molar refractivity (Wildman–Crippen MR) is 113 cm³/mol. The molecule has 7 nitrogen and oxygen atoms in total. The normalized spacial score (nSPS) is 13.1. The molecule has 29 heavy (non-hydrogen) atoms. The summed E-state index contributed by atoms with van der Waals surface area (Å²) in [4.78, 5) is 8.68. The molecule has 8 heteroatoms. The molecule has 0 spiro atoms. The van der Waals surface area contributed by atoms with Crippen LogP contribution in [0.2, 0.25) is 0 Å². The SMILES string of the molecule is COc1cccc(C(Nc2ccc(S(=O)(=O)C(C)(C)C)nc2)c2nccn2C)c1. The molecule has 1 unspecified atom stereocenters. The summed E-state index contributed by atoms with van der Waals surface area (Å²) >= 11 is 0. The van der Waals surface area contributed by atoms with Gasteiger partial charge in [-0.1, -0.05) is 12.1 Å². The average Bonchev–Trinajstić information content (AvgIpc) is 3.11. The van der Waals surface area contributed by atoms with E-state index in [0.717, 1.165) is 17.1 Å². The van der Waals surface area contributed by atoms with E-state index >= 15 is 0 Å². The van der Waals surface area contributed by atoms with E-state index in [0.29, 0.717) is 5.69 Å². The largest absolute Gasteiger partial charge is 0.497 e. The fourth-order valence-corrected chi connectivity index (χ4v) is 3.94. The third-order valence-corrected chi connectivity index (χ3v) is 7.08. The van der Waals surface area contributed by atoms with Crippen molar-refractivity contribution in [1.82, 2.24) is 14.5 Å². The molecule has 1 N–H and O–H groups in total. The van der Waals surface area contributed by atoms with Gasteiger partial charge in [0.2, 0.25) is 0 Å². The Morgan fingerprint density at radius 1 is 1.14 bits per heavy atom. The number of ether oxygens (including phenoxy) is 1. The first-order chi connectivity index (χ1) is 13.6. The highest BCUT2D eigenvalue weighted by molar-refractivity contribution is 7.92. The van der Waals surface area contributed by atoms with Crippen molar-refractivity contribution in [3.05, 3.63) is 66.4 Å². The topological polar surface area (TPSA) is 86.1 Å². The number of hydrogen-bond acceptors (Lipinski definition) is 6. The number of benzene rings is 1. The van der Waals surface area contributed by atoms with Crippen molar-refractivity contribution in [1.29, 1.82) is 0 Å². The van der Waals surface area contributed by atoms with E-state index in [-0.39, 0.29) is 11.1 Å². The van der Waals surface area contributed by atoms with E-state index in [2.05, 4.69) is 15.3 Å². The zero-order valence-electron chi connectivity index (χ0n) is 17.2. The van der Waals surface area contributed by atoms with Crippen LogP contribution in [0.1, 0.15) is 38.2 Å². The number of pyridine rings is 1. The Morgan fingerprint density at radius 3 is 2.45 bits per heavy atom. The summed E-state index contributed by atoms with van der Waals surface area (Å²) in [7, 11) is 0.0460. The average molecular weight is 415 g/mol. The van der Waals surface area contributed by atoms with E-state index in [9.17, 15) is 8.42 Å². The van der Waals surface area contributed by atoms with Crippen LogP contribution >= 0.6 is 0 Å². The molecule has 2 heterocycles. The van der Waals surface area contributed by atoms with Crippen LogP contribution in [0, 0.1) is 0 Å². The van der Waals surface area contributed by atoms with E-state index in [1.807, 2.05) is 42.1 Å². The minimum atomic E-state index is -3.50. The van der Waals surface area contributed by atoms with E-state index < -0.39 is 14.6 Å². The lowest BCUT2D eigenvalue weighted by Gasteiger charge is -2.21. The van der Waals surface area contributed by atoms with Crippen LogP contribution in [0.25, 0.3) is 0 Å². The van der Waals surface area contributed by atoms with E-state index in [1.54, 1.807) is 40.1 Å². The summed E-state index contributed by atoms with van der Waals surface area (Å²) in [5.41, 5.74) is 1.65. The number of sulfone groups is 1. The first-order valence-electron chi connectivity index (χ1n) is 9.22. The highest BCUT2D eigenvalue weighted by Gasteiger charge is 2.32. The Hall–Kier alpha value is -2.87. The molecular formula is C21H26N4O3S. The summed E-state index contributed by atoms with van der Waals surface area (Å²) in [6.07, 6.45) is 5.15.